The third kappa shape index (κ3) is 3.16. The molecule has 0 saturated heterocycles. The summed E-state index contributed by atoms with van der Waals surface area (Å²) in [5.74, 6) is -1.82. The van der Waals surface area contributed by atoms with Crippen LogP contribution in [0.4, 0.5) is 14.5 Å². The summed E-state index contributed by atoms with van der Waals surface area (Å²) in [5.41, 5.74) is 0.113. The van der Waals surface area contributed by atoms with Crippen LogP contribution in [-0.4, -0.2) is 14.7 Å². The number of benzene rings is 1. The maximum Gasteiger partial charge on any atom is 0.229 e. The molecule has 1 rings (SSSR count). The largest absolute Gasteiger partial charge is 0.281 e. The zero-order valence-corrected chi connectivity index (χ0v) is 10.0. The fraction of sp³-hybridized carbons (Fsp3) is 0.400. The molecule has 0 aliphatic carbocycles. The first kappa shape index (κ1) is 12.9. The molecule has 0 heterocycles. The molecule has 0 atom stereocenters. The van der Waals surface area contributed by atoms with Gasteiger partial charge in [0.15, 0.2) is 0 Å². The van der Waals surface area contributed by atoms with E-state index in [-0.39, 0.29) is 11.6 Å². The molecule has 0 unspecified atom stereocenters. The first-order valence-electron chi connectivity index (χ1n) is 4.67. The minimum absolute atomic E-state index is 0.182. The SMILES string of the molecule is CC(C)c1cc(F)cc(F)c1NS(C)(=O)=O. The van der Waals surface area contributed by atoms with Gasteiger partial charge < -0.3 is 0 Å². The molecular weight excluding hydrogens is 236 g/mol. The van der Waals surface area contributed by atoms with Crippen LogP contribution < -0.4 is 4.72 Å². The zero-order chi connectivity index (χ0) is 12.5. The predicted molar refractivity (Wildman–Crippen MR) is 58.9 cm³/mol. The van der Waals surface area contributed by atoms with E-state index in [9.17, 15) is 17.2 Å². The Morgan fingerprint density at radius 2 is 1.81 bits per heavy atom. The van der Waals surface area contributed by atoms with Gasteiger partial charge in [0.05, 0.1) is 11.9 Å². The van der Waals surface area contributed by atoms with Crippen molar-refractivity contribution in [1.29, 1.82) is 0 Å². The summed E-state index contributed by atoms with van der Waals surface area (Å²) in [4.78, 5) is 0. The Kier molecular flexibility index (Phi) is 3.52. The molecule has 6 heteroatoms. The molecule has 90 valence electrons. The highest BCUT2D eigenvalue weighted by atomic mass is 32.2. The van der Waals surface area contributed by atoms with Crippen LogP contribution >= 0.6 is 0 Å². The molecule has 0 radical (unpaired) electrons. The quantitative estimate of drug-likeness (QED) is 0.894. The average Bonchev–Trinajstić information content (AvgIpc) is 2.07. The molecule has 0 amide bonds. The first-order valence-corrected chi connectivity index (χ1v) is 6.56. The van der Waals surface area contributed by atoms with Crippen molar-refractivity contribution in [3.8, 4) is 0 Å². The third-order valence-corrected chi connectivity index (χ3v) is 2.57. The molecule has 1 aromatic carbocycles. The van der Waals surface area contributed by atoms with Crippen molar-refractivity contribution in [2.24, 2.45) is 0 Å². The standard InChI is InChI=1S/C10H13F2NO2S/c1-6(2)8-4-7(11)5-9(12)10(8)13-16(3,14)15/h4-6,13H,1-3H3. The highest BCUT2D eigenvalue weighted by molar-refractivity contribution is 7.92. The van der Waals surface area contributed by atoms with Gasteiger partial charge in [-0.05, 0) is 17.5 Å². The molecule has 0 aliphatic rings. The second-order valence-corrected chi connectivity index (χ2v) is 5.63. The summed E-state index contributed by atoms with van der Waals surface area (Å²) >= 11 is 0. The van der Waals surface area contributed by atoms with Gasteiger partial charge in [0.1, 0.15) is 11.6 Å². The summed E-state index contributed by atoms with van der Waals surface area (Å²) in [7, 11) is -3.58. The smallest absolute Gasteiger partial charge is 0.229 e. The molecule has 0 fully saturated rings. The average molecular weight is 249 g/mol. The van der Waals surface area contributed by atoms with Gasteiger partial charge >= 0.3 is 0 Å². The van der Waals surface area contributed by atoms with Crippen LogP contribution in [0, 0.1) is 11.6 Å². The lowest BCUT2D eigenvalue weighted by atomic mass is 10.0. The van der Waals surface area contributed by atoms with Gasteiger partial charge in [-0.3, -0.25) is 4.72 Å². The summed E-state index contributed by atoms with van der Waals surface area (Å²) in [6.45, 7) is 3.45. The number of halogens is 2. The van der Waals surface area contributed by atoms with Crippen LogP contribution in [-0.2, 0) is 10.0 Å². The normalized spacial score (nSPS) is 11.9. The second-order valence-electron chi connectivity index (χ2n) is 3.88. The minimum Gasteiger partial charge on any atom is -0.281 e. The van der Waals surface area contributed by atoms with Gasteiger partial charge in [-0.2, -0.15) is 0 Å². The van der Waals surface area contributed by atoms with E-state index in [2.05, 4.69) is 4.72 Å². The van der Waals surface area contributed by atoms with E-state index >= 15 is 0 Å². The second kappa shape index (κ2) is 4.37. The Labute approximate surface area is 93.5 Å². The van der Waals surface area contributed by atoms with E-state index in [1.54, 1.807) is 13.8 Å². The van der Waals surface area contributed by atoms with E-state index in [0.29, 0.717) is 11.6 Å². The zero-order valence-electron chi connectivity index (χ0n) is 9.21. The Morgan fingerprint density at radius 1 is 1.25 bits per heavy atom. The van der Waals surface area contributed by atoms with Crippen molar-refractivity contribution >= 4 is 15.7 Å². The molecule has 0 aromatic heterocycles. The number of anilines is 1. The highest BCUT2D eigenvalue weighted by Gasteiger charge is 2.16. The molecule has 0 saturated carbocycles. The molecule has 3 nitrogen and oxygen atoms in total. The van der Waals surface area contributed by atoms with Crippen LogP contribution in [0.3, 0.4) is 0 Å². The Bertz CT molecular complexity index is 498. The summed E-state index contributed by atoms with van der Waals surface area (Å²) < 4.78 is 50.6. The number of sulfonamides is 1. The van der Waals surface area contributed by atoms with Crippen LogP contribution in [0.5, 0.6) is 0 Å². The van der Waals surface area contributed by atoms with Crippen LogP contribution in [0.1, 0.15) is 25.3 Å². The fourth-order valence-electron chi connectivity index (χ4n) is 1.34. The number of nitrogens with one attached hydrogen (secondary N) is 1. The van der Waals surface area contributed by atoms with Gasteiger partial charge in [0, 0.05) is 6.07 Å². The lowest BCUT2D eigenvalue weighted by Gasteiger charge is -2.14. The van der Waals surface area contributed by atoms with Crippen LogP contribution in [0.15, 0.2) is 12.1 Å². The molecule has 16 heavy (non-hydrogen) atoms. The molecule has 0 spiro atoms. The summed E-state index contributed by atoms with van der Waals surface area (Å²) in [5, 5.41) is 0. The van der Waals surface area contributed by atoms with Crippen molar-refractivity contribution in [3.05, 3.63) is 29.3 Å². The van der Waals surface area contributed by atoms with Crippen molar-refractivity contribution in [2.45, 2.75) is 19.8 Å². The predicted octanol–water partition coefficient (Wildman–Crippen LogP) is 2.46. The Hall–Kier alpha value is -1.17. The van der Waals surface area contributed by atoms with Gasteiger partial charge in [0.25, 0.3) is 0 Å². The maximum atomic E-state index is 13.4. The highest BCUT2D eigenvalue weighted by Crippen LogP contribution is 2.28. The lowest BCUT2D eigenvalue weighted by Crippen LogP contribution is -2.13. The van der Waals surface area contributed by atoms with Crippen LogP contribution in [0.2, 0.25) is 0 Å². The van der Waals surface area contributed by atoms with Crippen molar-refractivity contribution in [1.82, 2.24) is 0 Å². The van der Waals surface area contributed by atoms with E-state index < -0.39 is 21.7 Å². The van der Waals surface area contributed by atoms with E-state index in [0.717, 1.165) is 12.3 Å². The van der Waals surface area contributed by atoms with Gasteiger partial charge in [-0.15, -0.1) is 0 Å². The lowest BCUT2D eigenvalue weighted by molar-refractivity contribution is 0.578. The van der Waals surface area contributed by atoms with Gasteiger partial charge in [-0.25, -0.2) is 17.2 Å². The van der Waals surface area contributed by atoms with Crippen molar-refractivity contribution in [3.63, 3.8) is 0 Å². The topological polar surface area (TPSA) is 46.2 Å². The maximum absolute atomic E-state index is 13.4. The first-order chi connectivity index (χ1) is 7.20. The number of hydrogen-bond acceptors (Lipinski definition) is 2. The molecule has 1 N–H and O–H groups in total. The summed E-state index contributed by atoms with van der Waals surface area (Å²) in [6, 6.07) is 1.78. The third-order valence-electron chi connectivity index (χ3n) is 1.99. The van der Waals surface area contributed by atoms with Crippen molar-refractivity contribution < 1.29 is 17.2 Å². The number of rotatable bonds is 3. The molecule has 0 aliphatic heterocycles. The molecular formula is C10H13F2NO2S. The van der Waals surface area contributed by atoms with Gasteiger partial charge in [-0.1, -0.05) is 13.8 Å². The van der Waals surface area contributed by atoms with E-state index in [1.165, 1.54) is 0 Å². The fourth-order valence-corrected chi connectivity index (χ4v) is 1.93. The Balaban J connectivity index is 3.36. The van der Waals surface area contributed by atoms with E-state index in [1.807, 2.05) is 0 Å². The van der Waals surface area contributed by atoms with Gasteiger partial charge in [0.2, 0.25) is 10.0 Å². The van der Waals surface area contributed by atoms with Crippen LogP contribution in [0.25, 0.3) is 0 Å². The minimum atomic E-state index is -3.58. The van der Waals surface area contributed by atoms with E-state index in [4.69, 9.17) is 0 Å². The Morgan fingerprint density at radius 3 is 2.25 bits per heavy atom. The molecule has 1 aromatic rings. The summed E-state index contributed by atoms with van der Waals surface area (Å²) in [6.07, 6.45) is 0.917. The number of hydrogen-bond donors (Lipinski definition) is 1. The molecule has 0 bridgehead atoms. The van der Waals surface area contributed by atoms with Crippen molar-refractivity contribution in [2.75, 3.05) is 11.0 Å². The monoisotopic (exact) mass is 249 g/mol.